The maximum atomic E-state index is 12.1. The van der Waals surface area contributed by atoms with Crippen LogP contribution < -0.4 is 4.90 Å². The van der Waals surface area contributed by atoms with Crippen LogP contribution in [0, 0.1) is 5.92 Å². The second kappa shape index (κ2) is 5.85. The molecule has 0 saturated carbocycles. The van der Waals surface area contributed by atoms with Crippen molar-refractivity contribution in [2.45, 2.75) is 39.5 Å². The minimum atomic E-state index is 0.00139. The smallest absolute Gasteiger partial charge is 0.229 e. The van der Waals surface area contributed by atoms with Gasteiger partial charge in [0.2, 0.25) is 5.91 Å². The Balaban J connectivity index is 2.04. The lowest BCUT2D eigenvalue weighted by Crippen LogP contribution is -2.25. The van der Waals surface area contributed by atoms with E-state index in [2.05, 4.69) is 25.8 Å². The van der Waals surface area contributed by atoms with Gasteiger partial charge >= 0.3 is 0 Å². The van der Waals surface area contributed by atoms with Gasteiger partial charge in [-0.25, -0.2) is 4.98 Å². The third kappa shape index (κ3) is 3.61. The molecule has 4 nitrogen and oxygen atoms in total. The standard InChI is InChI=1S/C14H20N2O2S2/c1-9(17)19-7-10-5-12(18)16(6-10)13-15-11(8-20-13)14(2,3)4/h8,10H,5-7H2,1-4H3. The Labute approximate surface area is 128 Å². The van der Waals surface area contributed by atoms with Gasteiger partial charge in [-0.3, -0.25) is 14.5 Å². The molecule has 1 saturated heterocycles. The predicted molar refractivity (Wildman–Crippen MR) is 84.4 cm³/mol. The molecule has 1 aromatic rings. The highest BCUT2D eigenvalue weighted by Crippen LogP contribution is 2.32. The molecule has 2 heterocycles. The van der Waals surface area contributed by atoms with Crippen LogP contribution in [-0.2, 0) is 15.0 Å². The summed E-state index contributed by atoms with van der Waals surface area (Å²) in [5, 5.41) is 2.93. The quantitative estimate of drug-likeness (QED) is 0.860. The van der Waals surface area contributed by atoms with Crippen molar-refractivity contribution in [1.29, 1.82) is 0 Å². The third-order valence-electron chi connectivity index (χ3n) is 3.22. The summed E-state index contributed by atoms with van der Waals surface area (Å²) >= 11 is 2.83. The molecule has 1 amide bonds. The van der Waals surface area contributed by atoms with Gasteiger partial charge in [0.25, 0.3) is 0 Å². The lowest BCUT2D eigenvalue weighted by atomic mass is 9.93. The molecule has 0 N–H and O–H groups in total. The summed E-state index contributed by atoms with van der Waals surface area (Å²) in [5.41, 5.74) is 1.02. The lowest BCUT2D eigenvalue weighted by molar-refractivity contribution is -0.117. The van der Waals surface area contributed by atoms with E-state index in [1.165, 1.54) is 23.1 Å². The molecule has 1 fully saturated rings. The number of thiazole rings is 1. The number of hydrogen-bond acceptors (Lipinski definition) is 5. The van der Waals surface area contributed by atoms with Crippen LogP contribution in [0.5, 0.6) is 0 Å². The van der Waals surface area contributed by atoms with Crippen molar-refractivity contribution in [3.05, 3.63) is 11.1 Å². The van der Waals surface area contributed by atoms with Gasteiger partial charge in [-0.2, -0.15) is 0 Å². The Hall–Kier alpha value is -0.880. The van der Waals surface area contributed by atoms with Crippen molar-refractivity contribution in [3.63, 3.8) is 0 Å². The van der Waals surface area contributed by atoms with Gasteiger partial charge in [-0.1, -0.05) is 32.5 Å². The van der Waals surface area contributed by atoms with Gasteiger partial charge in [-0.15, -0.1) is 11.3 Å². The molecule has 1 aromatic heterocycles. The number of anilines is 1. The molecule has 0 aromatic carbocycles. The van der Waals surface area contributed by atoms with E-state index in [-0.39, 0.29) is 22.4 Å². The Morgan fingerprint density at radius 3 is 2.80 bits per heavy atom. The largest absolute Gasteiger partial charge is 0.288 e. The fourth-order valence-corrected chi connectivity index (χ4v) is 3.82. The predicted octanol–water partition coefficient (Wildman–Crippen LogP) is 3.07. The molecule has 1 atom stereocenters. The van der Waals surface area contributed by atoms with Crippen LogP contribution in [0.25, 0.3) is 0 Å². The minimum Gasteiger partial charge on any atom is -0.288 e. The second-order valence-corrected chi connectivity index (χ2v) is 8.18. The van der Waals surface area contributed by atoms with Crippen LogP contribution >= 0.6 is 23.1 Å². The maximum absolute atomic E-state index is 12.1. The first-order chi connectivity index (χ1) is 9.27. The zero-order chi connectivity index (χ0) is 14.9. The molecule has 0 bridgehead atoms. The summed E-state index contributed by atoms with van der Waals surface area (Å²) < 4.78 is 0. The van der Waals surface area contributed by atoms with E-state index >= 15 is 0 Å². The molecular formula is C14H20N2O2S2. The second-order valence-electron chi connectivity index (χ2n) is 6.14. The summed E-state index contributed by atoms with van der Waals surface area (Å²) in [6.45, 7) is 8.59. The summed E-state index contributed by atoms with van der Waals surface area (Å²) in [4.78, 5) is 29.5. The van der Waals surface area contributed by atoms with Gasteiger partial charge in [0.15, 0.2) is 10.2 Å². The Morgan fingerprint density at radius 1 is 1.55 bits per heavy atom. The SMILES string of the molecule is CC(=O)SCC1CC(=O)N(c2nc(C(C)(C)C)cs2)C1. The van der Waals surface area contributed by atoms with Gasteiger partial charge in [0.1, 0.15) is 0 Å². The average Bonchev–Trinajstić information content (AvgIpc) is 2.91. The van der Waals surface area contributed by atoms with Crippen molar-refractivity contribution in [1.82, 2.24) is 4.98 Å². The van der Waals surface area contributed by atoms with Crippen molar-refractivity contribution in [2.75, 3.05) is 17.2 Å². The highest BCUT2D eigenvalue weighted by atomic mass is 32.2. The number of carbonyl (C=O) groups excluding carboxylic acids is 2. The van der Waals surface area contributed by atoms with Crippen LogP contribution in [0.3, 0.4) is 0 Å². The van der Waals surface area contributed by atoms with E-state index in [0.717, 1.165) is 16.6 Å². The molecule has 20 heavy (non-hydrogen) atoms. The molecule has 1 aliphatic heterocycles. The molecule has 1 unspecified atom stereocenters. The van der Waals surface area contributed by atoms with E-state index < -0.39 is 0 Å². The zero-order valence-electron chi connectivity index (χ0n) is 12.3. The highest BCUT2D eigenvalue weighted by molar-refractivity contribution is 8.13. The maximum Gasteiger partial charge on any atom is 0.229 e. The number of thioether (sulfide) groups is 1. The van der Waals surface area contributed by atoms with E-state index in [0.29, 0.717) is 13.0 Å². The van der Waals surface area contributed by atoms with Crippen molar-refractivity contribution in [3.8, 4) is 0 Å². The third-order valence-corrected chi connectivity index (χ3v) is 5.13. The van der Waals surface area contributed by atoms with E-state index in [1.54, 1.807) is 11.8 Å². The van der Waals surface area contributed by atoms with E-state index in [9.17, 15) is 9.59 Å². The van der Waals surface area contributed by atoms with Crippen molar-refractivity contribution in [2.24, 2.45) is 5.92 Å². The molecule has 1 aliphatic rings. The molecule has 110 valence electrons. The normalized spacial score (nSPS) is 19.7. The number of carbonyl (C=O) groups is 2. The number of nitrogens with zero attached hydrogens (tertiary/aromatic N) is 2. The van der Waals surface area contributed by atoms with Crippen LogP contribution in [0.2, 0.25) is 0 Å². The van der Waals surface area contributed by atoms with E-state index in [4.69, 9.17) is 0 Å². The number of rotatable bonds is 3. The molecule has 6 heteroatoms. The molecule has 0 radical (unpaired) electrons. The molecular weight excluding hydrogens is 292 g/mol. The van der Waals surface area contributed by atoms with Gasteiger partial charge < -0.3 is 0 Å². The lowest BCUT2D eigenvalue weighted by Gasteiger charge is -2.16. The van der Waals surface area contributed by atoms with Crippen LogP contribution in [0.4, 0.5) is 5.13 Å². The van der Waals surface area contributed by atoms with Crippen LogP contribution in [-0.4, -0.2) is 28.3 Å². The van der Waals surface area contributed by atoms with Gasteiger partial charge in [0, 0.05) is 36.4 Å². The van der Waals surface area contributed by atoms with Crippen molar-refractivity contribution >= 4 is 39.3 Å². The average molecular weight is 312 g/mol. The van der Waals surface area contributed by atoms with Crippen LogP contribution in [0.15, 0.2) is 5.38 Å². The number of amides is 1. The Bertz CT molecular complexity index is 519. The Morgan fingerprint density at radius 2 is 2.25 bits per heavy atom. The Kier molecular flexibility index (Phi) is 4.54. The van der Waals surface area contributed by atoms with Gasteiger partial charge in [-0.05, 0) is 5.92 Å². The topological polar surface area (TPSA) is 50.3 Å². The van der Waals surface area contributed by atoms with Crippen molar-refractivity contribution < 1.29 is 9.59 Å². The fraction of sp³-hybridized carbons (Fsp3) is 0.643. The van der Waals surface area contributed by atoms with Gasteiger partial charge in [0.05, 0.1) is 5.69 Å². The molecule has 2 rings (SSSR count). The summed E-state index contributed by atoms with van der Waals surface area (Å²) in [7, 11) is 0. The van der Waals surface area contributed by atoms with Crippen LogP contribution in [0.1, 0.15) is 39.8 Å². The molecule has 0 spiro atoms. The fourth-order valence-electron chi connectivity index (χ4n) is 2.05. The zero-order valence-corrected chi connectivity index (χ0v) is 13.9. The summed E-state index contributed by atoms with van der Waals surface area (Å²) in [6, 6.07) is 0. The number of aromatic nitrogens is 1. The minimum absolute atomic E-state index is 0.00139. The first-order valence-electron chi connectivity index (χ1n) is 6.67. The summed E-state index contributed by atoms with van der Waals surface area (Å²) in [5.74, 6) is 1.09. The molecule has 0 aliphatic carbocycles. The highest BCUT2D eigenvalue weighted by Gasteiger charge is 2.33. The first kappa shape index (κ1) is 15.5. The monoisotopic (exact) mass is 312 g/mol. The first-order valence-corrected chi connectivity index (χ1v) is 8.53. The number of hydrogen-bond donors (Lipinski definition) is 0. The van der Waals surface area contributed by atoms with E-state index in [1.807, 2.05) is 5.38 Å². The summed E-state index contributed by atoms with van der Waals surface area (Å²) in [6.07, 6.45) is 0.519.